The number of benzene rings is 3. The summed E-state index contributed by atoms with van der Waals surface area (Å²) in [5.41, 5.74) is 3.07. The minimum atomic E-state index is -0.188. The Labute approximate surface area is 157 Å². The number of ketones is 2. The Morgan fingerprint density at radius 1 is 0.667 bits per heavy atom. The zero-order valence-electron chi connectivity index (χ0n) is 14.8. The first-order valence-corrected chi connectivity index (χ1v) is 8.70. The van der Waals surface area contributed by atoms with Crippen LogP contribution in [0.1, 0.15) is 20.7 Å². The lowest BCUT2D eigenvalue weighted by atomic mass is 9.89. The Morgan fingerprint density at radius 2 is 1.19 bits per heavy atom. The highest BCUT2D eigenvalue weighted by atomic mass is 16.1. The van der Waals surface area contributed by atoms with Gasteiger partial charge in [-0.1, -0.05) is 60.7 Å². The molecule has 0 radical (unpaired) electrons. The van der Waals surface area contributed by atoms with E-state index in [1.165, 1.54) is 0 Å². The van der Waals surface area contributed by atoms with Crippen LogP contribution >= 0.6 is 0 Å². The Hall–Kier alpha value is -3.66. The van der Waals surface area contributed by atoms with Gasteiger partial charge >= 0.3 is 0 Å². The number of fused-ring (bicyclic) bond motifs is 1. The molecule has 132 valence electrons. The predicted octanol–water partition coefficient (Wildman–Crippen LogP) is 4.53. The van der Waals surface area contributed by atoms with Crippen molar-refractivity contribution < 1.29 is 9.59 Å². The molecule has 3 aromatic rings. The van der Waals surface area contributed by atoms with Gasteiger partial charge in [-0.25, -0.2) is 0 Å². The largest absolute Gasteiger partial charge is 0.350 e. The van der Waals surface area contributed by atoms with Gasteiger partial charge in [-0.3, -0.25) is 9.59 Å². The maximum absolute atomic E-state index is 13.3. The van der Waals surface area contributed by atoms with Crippen LogP contribution in [0, 0.1) is 0 Å². The molecular weight excluding hydrogens is 336 g/mol. The smallest absolute Gasteiger partial charge is 0.212 e. The third-order valence-electron chi connectivity index (χ3n) is 4.62. The minimum absolute atomic E-state index is 0.171. The second-order valence-electron chi connectivity index (χ2n) is 6.31. The van der Waals surface area contributed by atoms with Crippen molar-refractivity contribution in [2.75, 3.05) is 17.3 Å². The molecule has 0 heterocycles. The number of carbonyl (C=O) groups is 2. The quantitative estimate of drug-likeness (QED) is 0.748. The zero-order valence-corrected chi connectivity index (χ0v) is 14.8. The summed E-state index contributed by atoms with van der Waals surface area (Å²) >= 11 is 0. The van der Waals surface area contributed by atoms with Gasteiger partial charge < -0.3 is 10.2 Å². The van der Waals surface area contributed by atoms with E-state index in [0.717, 1.165) is 11.4 Å². The van der Waals surface area contributed by atoms with Crippen molar-refractivity contribution in [1.29, 1.82) is 0 Å². The van der Waals surface area contributed by atoms with Gasteiger partial charge in [0.05, 0.1) is 0 Å². The molecule has 0 spiro atoms. The third-order valence-corrected chi connectivity index (χ3v) is 4.62. The Kier molecular flexibility index (Phi) is 4.30. The van der Waals surface area contributed by atoms with Crippen LogP contribution in [0.4, 0.5) is 11.4 Å². The van der Waals surface area contributed by atoms with Gasteiger partial charge in [0, 0.05) is 29.5 Å². The van der Waals surface area contributed by atoms with E-state index in [1.54, 1.807) is 36.2 Å². The van der Waals surface area contributed by atoms with Gasteiger partial charge in [0.15, 0.2) is 0 Å². The monoisotopic (exact) mass is 354 g/mol. The van der Waals surface area contributed by atoms with Crippen molar-refractivity contribution in [3.8, 4) is 0 Å². The molecule has 0 bridgehead atoms. The summed E-state index contributed by atoms with van der Waals surface area (Å²) in [5, 5.41) is 3.17. The number of nitrogens with one attached hydrogen (secondary N) is 1. The Balaban J connectivity index is 1.88. The first-order chi connectivity index (χ1) is 13.2. The lowest BCUT2D eigenvalue weighted by Gasteiger charge is -2.29. The highest BCUT2D eigenvalue weighted by Gasteiger charge is 2.34. The van der Waals surface area contributed by atoms with Crippen molar-refractivity contribution in [2.24, 2.45) is 0 Å². The normalized spacial score (nSPS) is 13.4. The molecule has 1 N–H and O–H groups in total. The molecule has 0 saturated heterocycles. The molecule has 1 aliphatic carbocycles. The second kappa shape index (κ2) is 6.92. The average molecular weight is 354 g/mol. The highest BCUT2D eigenvalue weighted by Crippen LogP contribution is 2.31. The summed E-state index contributed by atoms with van der Waals surface area (Å²) < 4.78 is 0. The van der Waals surface area contributed by atoms with Crippen LogP contribution in [0.2, 0.25) is 0 Å². The van der Waals surface area contributed by atoms with Crippen LogP contribution in [0.5, 0.6) is 0 Å². The highest BCUT2D eigenvalue weighted by molar-refractivity contribution is 6.28. The first kappa shape index (κ1) is 16.8. The van der Waals surface area contributed by atoms with E-state index in [2.05, 4.69) is 5.32 Å². The molecule has 0 amide bonds. The fraction of sp³-hybridized carbons (Fsp3) is 0.0435. The van der Waals surface area contributed by atoms with Crippen LogP contribution in [0.3, 0.4) is 0 Å². The summed E-state index contributed by atoms with van der Waals surface area (Å²) in [7, 11) is 1.80. The van der Waals surface area contributed by atoms with Crippen LogP contribution in [0.15, 0.2) is 96.3 Å². The maximum atomic E-state index is 13.3. The number of para-hydroxylation sites is 2. The van der Waals surface area contributed by atoms with Gasteiger partial charge in [0.2, 0.25) is 11.6 Å². The molecule has 0 saturated carbocycles. The topological polar surface area (TPSA) is 49.4 Å². The van der Waals surface area contributed by atoms with Gasteiger partial charge in [-0.15, -0.1) is 0 Å². The SMILES string of the molecule is CN(C1=C(Nc2ccccc2)C(=O)c2ccccc2C1=O)c1ccccc1. The number of nitrogens with zero attached hydrogens (tertiary/aromatic N) is 1. The van der Waals surface area contributed by atoms with Crippen molar-refractivity contribution >= 4 is 22.9 Å². The van der Waals surface area contributed by atoms with Crippen molar-refractivity contribution in [3.63, 3.8) is 0 Å². The number of allylic oxidation sites excluding steroid dienone is 2. The molecule has 1 aliphatic rings. The number of rotatable bonds is 4. The van der Waals surface area contributed by atoms with E-state index in [1.807, 2.05) is 60.7 Å². The summed E-state index contributed by atoms with van der Waals surface area (Å²) in [6.07, 6.45) is 0. The molecule has 0 fully saturated rings. The average Bonchev–Trinajstić information content (AvgIpc) is 2.73. The Morgan fingerprint density at radius 3 is 1.81 bits per heavy atom. The van der Waals surface area contributed by atoms with Gasteiger partial charge in [0.1, 0.15) is 11.4 Å². The molecule has 4 rings (SSSR count). The molecule has 0 aromatic heterocycles. The summed E-state index contributed by atoms with van der Waals surface area (Å²) in [5.74, 6) is -0.359. The van der Waals surface area contributed by atoms with E-state index in [-0.39, 0.29) is 17.3 Å². The van der Waals surface area contributed by atoms with Crippen molar-refractivity contribution in [1.82, 2.24) is 0 Å². The summed E-state index contributed by atoms with van der Waals surface area (Å²) in [6, 6.07) is 25.9. The van der Waals surface area contributed by atoms with Gasteiger partial charge in [0.25, 0.3) is 0 Å². The van der Waals surface area contributed by atoms with E-state index < -0.39 is 0 Å². The number of Topliss-reactive ketones (excluding diaryl/α,β-unsaturated/α-hetero) is 2. The lowest BCUT2D eigenvalue weighted by Crippen LogP contribution is -2.34. The Bertz CT molecular complexity index is 1040. The third kappa shape index (κ3) is 3.02. The summed E-state index contributed by atoms with van der Waals surface area (Å²) in [6.45, 7) is 0. The fourth-order valence-corrected chi connectivity index (χ4v) is 3.24. The van der Waals surface area contributed by atoms with Crippen LogP contribution < -0.4 is 10.2 Å². The number of hydrogen-bond donors (Lipinski definition) is 1. The number of hydrogen-bond acceptors (Lipinski definition) is 4. The number of anilines is 2. The van der Waals surface area contributed by atoms with Crippen LogP contribution in [-0.2, 0) is 0 Å². The molecule has 0 aliphatic heterocycles. The molecule has 4 heteroatoms. The number of likely N-dealkylation sites (N-methyl/N-ethyl adjacent to an activating group) is 1. The lowest BCUT2D eigenvalue weighted by molar-refractivity contribution is 0.0974. The molecule has 27 heavy (non-hydrogen) atoms. The zero-order chi connectivity index (χ0) is 18.8. The van der Waals surface area contributed by atoms with E-state index >= 15 is 0 Å². The van der Waals surface area contributed by atoms with Gasteiger partial charge in [-0.2, -0.15) is 0 Å². The van der Waals surface area contributed by atoms with Gasteiger partial charge in [-0.05, 0) is 24.3 Å². The van der Waals surface area contributed by atoms with E-state index in [4.69, 9.17) is 0 Å². The van der Waals surface area contributed by atoms with E-state index in [9.17, 15) is 9.59 Å². The minimum Gasteiger partial charge on any atom is -0.350 e. The van der Waals surface area contributed by atoms with Crippen LogP contribution in [-0.4, -0.2) is 18.6 Å². The predicted molar refractivity (Wildman–Crippen MR) is 107 cm³/mol. The standard InChI is InChI=1S/C23H18N2O2/c1-25(17-12-6-3-7-13-17)21-20(24-16-10-4-2-5-11-16)22(26)18-14-8-9-15-19(18)23(21)27/h2-15,24H,1H3. The van der Waals surface area contributed by atoms with Crippen LogP contribution in [0.25, 0.3) is 0 Å². The molecule has 0 atom stereocenters. The second-order valence-corrected chi connectivity index (χ2v) is 6.31. The van der Waals surface area contributed by atoms with Crippen molar-refractivity contribution in [2.45, 2.75) is 0 Å². The number of carbonyl (C=O) groups excluding carboxylic acids is 2. The fourth-order valence-electron chi connectivity index (χ4n) is 3.24. The maximum Gasteiger partial charge on any atom is 0.212 e. The molecule has 0 unspecified atom stereocenters. The molecule has 3 aromatic carbocycles. The molecule has 4 nitrogen and oxygen atoms in total. The molecular formula is C23H18N2O2. The van der Waals surface area contributed by atoms with Crippen molar-refractivity contribution in [3.05, 3.63) is 107 Å². The van der Waals surface area contributed by atoms with E-state index in [0.29, 0.717) is 16.8 Å². The first-order valence-electron chi connectivity index (χ1n) is 8.70. The summed E-state index contributed by atoms with van der Waals surface area (Å²) in [4.78, 5) is 28.3.